The monoisotopic (exact) mass is 393 g/mol. The van der Waals surface area contributed by atoms with Crippen molar-refractivity contribution in [3.8, 4) is 0 Å². The Labute approximate surface area is 159 Å². The Morgan fingerprint density at radius 1 is 1.04 bits per heavy atom. The fourth-order valence-corrected chi connectivity index (χ4v) is 3.61. The number of rotatable bonds is 6. The third kappa shape index (κ3) is 5.15. The van der Waals surface area contributed by atoms with Gasteiger partial charge in [-0.1, -0.05) is 13.8 Å². The quantitative estimate of drug-likeness (QED) is 0.226. The highest BCUT2D eigenvalue weighted by Gasteiger charge is 2.49. The van der Waals surface area contributed by atoms with Crippen molar-refractivity contribution in [2.75, 3.05) is 6.54 Å². The highest BCUT2D eigenvalue weighted by atomic mass is 16.7. The minimum atomic E-state index is -1.38. The van der Waals surface area contributed by atoms with E-state index in [1.54, 1.807) is 0 Å². The molecule has 11 atom stereocenters. The zero-order valence-corrected chi connectivity index (χ0v) is 16.0. The van der Waals surface area contributed by atoms with Gasteiger partial charge in [0.05, 0.1) is 18.2 Å². The van der Waals surface area contributed by atoms with E-state index in [1.165, 1.54) is 6.92 Å². The van der Waals surface area contributed by atoms with Crippen LogP contribution in [-0.2, 0) is 9.47 Å². The molecule has 1 aliphatic heterocycles. The molecule has 0 aromatic heterocycles. The molecule has 1 heterocycles. The van der Waals surface area contributed by atoms with E-state index in [4.69, 9.17) is 20.9 Å². The lowest BCUT2D eigenvalue weighted by molar-refractivity contribution is -0.301. The normalized spacial score (nSPS) is 47.2. The summed E-state index contributed by atoms with van der Waals surface area (Å²) in [4.78, 5) is 0. The molecule has 0 aromatic carbocycles. The maximum Gasteiger partial charge on any atom is 0.176 e. The largest absolute Gasteiger partial charge is 0.391 e. The average Bonchev–Trinajstić information content (AvgIpc) is 2.59. The van der Waals surface area contributed by atoms with Gasteiger partial charge in [0.1, 0.15) is 30.5 Å². The molecular weight excluding hydrogens is 358 g/mol. The average molecular weight is 393 g/mol. The maximum absolute atomic E-state index is 10.5. The summed E-state index contributed by atoms with van der Waals surface area (Å²) in [5, 5.41) is 54.0. The molecule has 0 radical (unpaired) electrons. The third-order valence-corrected chi connectivity index (χ3v) is 5.29. The number of aliphatic hydroxyl groups is 5. The molecule has 27 heavy (non-hydrogen) atoms. The van der Waals surface area contributed by atoms with E-state index in [-0.39, 0.29) is 6.04 Å². The second kappa shape index (κ2) is 9.40. The van der Waals surface area contributed by atoms with E-state index in [0.717, 1.165) is 0 Å². The Morgan fingerprint density at radius 3 is 2.22 bits per heavy atom. The molecule has 10 nitrogen and oxygen atoms in total. The number of nitrogens with two attached hydrogens (primary N) is 2. The summed E-state index contributed by atoms with van der Waals surface area (Å²) in [5.74, 6) is 0.374. The summed E-state index contributed by atoms with van der Waals surface area (Å²) in [6.45, 7) is 6.14. The van der Waals surface area contributed by atoms with E-state index >= 15 is 0 Å². The molecule has 160 valence electrons. The molecule has 2 rings (SSSR count). The highest BCUT2D eigenvalue weighted by Crippen LogP contribution is 2.28. The van der Waals surface area contributed by atoms with Crippen LogP contribution in [-0.4, -0.2) is 99.2 Å². The molecule has 0 bridgehead atoms. The maximum atomic E-state index is 10.5. The van der Waals surface area contributed by atoms with Gasteiger partial charge in [-0.05, 0) is 25.8 Å². The molecule has 0 amide bonds. The molecule has 1 saturated heterocycles. The Morgan fingerprint density at radius 2 is 1.67 bits per heavy atom. The molecule has 2 aliphatic rings. The lowest BCUT2D eigenvalue weighted by atomic mass is 9.83. The molecule has 0 aromatic rings. The van der Waals surface area contributed by atoms with E-state index in [9.17, 15) is 25.5 Å². The minimum Gasteiger partial charge on any atom is -0.391 e. The summed E-state index contributed by atoms with van der Waals surface area (Å²) < 4.78 is 11.2. The zero-order chi connectivity index (χ0) is 20.5. The van der Waals surface area contributed by atoms with Gasteiger partial charge >= 0.3 is 0 Å². The van der Waals surface area contributed by atoms with Crippen LogP contribution in [0, 0.1) is 5.92 Å². The first kappa shape index (κ1) is 22.9. The van der Waals surface area contributed by atoms with Gasteiger partial charge in [0.25, 0.3) is 0 Å². The van der Waals surface area contributed by atoms with Gasteiger partial charge in [0, 0.05) is 12.1 Å². The van der Waals surface area contributed by atoms with Crippen LogP contribution < -0.4 is 16.8 Å². The first-order valence-electron chi connectivity index (χ1n) is 9.50. The molecule has 5 unspecified atom stereocenters. The summed E-state index contributed by atoms with van der Waals surface area (Å²) >= 11 is 0. The Hall–Kier alpha value is -0.400. The number of ether oxygens (including phenoxy) is 2. The van der Waals surface area contributed by atoms with Crippen molar-refractivity contribution in [3.05, 3.63) is 0 Å². The number of hydrogen-bond acceptors (Lipinski definition) is 10. The summed E-state index contributed by atoms with van der Waals surface area (Å²) in [7, 11) is 0. The summed E-state index contributed by atoms with van der Waals surface area (Å²) in [5.41, 5.74) is 12.0. The van der Waals surface area contributed by atoms with Crippen molar-refractivity contribution < 1.29 is 35.0 Å². The van der Waals surface area contributed by atoms with Crippen molar-refractivity contribution in [1.82, 2.24) is 5.32 Å². The predicted molar refractivity (Wildman–Crippen MR) is 96.4 cm³/mol. The standard InChI is InChI=1S/C17H35N3O7/c1-6(2)5-20-9-4-8(18)16(13(24)11(9)22)27-17-10(19)12(23)14(25)15(26-17)7(3)21/h6-17,20-25H,4-5,18-19H2,1-3H3/t7?,8?,9?,10-,11+,12?,13+,14-,15?,16+,17+/m0/s1. The molecule has 10 heteroatoms. The van der Waals surface area contributed by atoms with E-state index in [1.807, 2.05) is 13.8 Å². The SMILES string of the molecule is CC(C)CNC1CC(N)[C@@H](O[C@H]2OC(C(C)O)[C@@H](O)C(O)[C@@H]2N)[C@H](O)[C@@H]1O. The smallest absolute Gasteiger partial charge is 0.176 e. The molecular formula is C17H35N3O7. The van der Waals surface area contributed by atoms with Crippen molar-refractivity contribution in [2.45, 2.75) is 94.3 Å². The van der Waals surface area contributed by atoms with Crippen LogP contribution in [0.3, 0.4) is 0 Å². The number of aliphatic hydroxyl groups excluding tert-OH is 5. The first-order valence-corrected chi connectivity index (χ1v) is 9.50. The Bertz CT molecular complexity index is 470. The molecule has 1 aliphatic carbocycles. The highest BCUT2D eigenvalue weighted by molar-refractivity contribution is 5.00. The predicted octanol–water partition coefficient (Wildman–Crippen LogP) is -3.41. The molecule has 2 fully saturated rings. The van der Waals surface area contributed by atoms with Crippen LogP contribution in [0.5, 0.6) is 0 Å². The van der Waals surface area contributed by atoms with Crippen LogP contribution in [0.15, 0.2) is 0 Å². The van der Waals surface area contributed by atoms with Gasteiger partial charge < -0.3 is 51.8 Å². The topological polar surface area (TPSA) is 184 Å². The van der Waals surface area contributed by atoms with Gasteiger partial charge in [-0.15, -0.1) is 0 Å². The van der Waals surface area contributed by atoms with Crippen LogP contribution >= 0.6 is 0 Å². The van der Waals surface area contributed by atoms with Gasteiger partial charge in [-0.2, -0.15) is 0 Å². The minimum absolute atomic E-state index is 0.364. The van der Waals surface area contributed by atoms with Crippen molar-refractivity contribution >= 4 is 0 Å². The van der Waals surface area contributed by atoms with Gasteiger partial charge in [-0.25, -0.2) is 0 Å². The van der Waals surface area contributed by atoms with Crippen molar-refractivity contribution in [2.24, 2.45) is 17.4 Å². The second-order valence-electron chi connectivity index (χ2n) is 8.16. The van der Waals surface area contributed by atoms with Crippen molar-refractivity contribution in [3.63, 3.8) is 0 Å². The molecule has 1 saturated carbocycles. The van der Waals surface area contributed by atoms with E-state index in [2.05, 4.69) is 5.32 Å². The molecule has 0 spiro atoms. The van der Waals surface area contributed by atoms with Gasteiger partial charge in [0.2, 0.25) is 0 Å². The summed E-state index contributed by atoms with van der Waals surface area (Å²) in [6.07, 6.45) is -9.15. The lowest BCUT2D eigenvalue weighted by Gasteiger charge is -2.47. The Balaban J connectivity index is 2.05. The third-order valence-electron chi connectivity index (χ3n) is 5.29. The number of nitrogens with one attached hydrogen (secondary N) is 1. The first-order chi connectivity index (χ1) is 12.5. The summed E-state index contributed by atoms with van der Waals surface area (Å²) in [6, 6.07) is -2.10. The van der Waals surface area contributed by atoms with Crippen molar-refractivity contribution in [1.29, 1.82) is 0 Å². The zero-order valence-electron chi connectivity index (χ0n) is 16.0. The fourth-order valence-electron chi connectivity index (χ4n) is 3.61. The van der Waals surface area contributed by atoms with Crippen LogP contribution in [0.4, 0.5) is 0 Å². The Kier molecular flexibility index (Phi) is 7.97. The van der Waals surface area contributed by atoms with Gasteiger partial charge in [-0.3, -0.25) is 0 Å². The molecule has 10 N–H and O–H groups in total. The fraction of sp³-hybridized carbons (Fsp3) is 1.00. The van der Waals surface area contributed by atoms with E-state index in [0.29, 0.717) is 18.9 Å². The van der Waals surface area contributed by atoms with Crippen LogP contribution in [0.25, 0.3) is 0 Å². The van der Waals surface area contributed by atoms with E-state index < -0.39 is 61.1 Å². The number of hydrogen-bond donors (Lipinski definition) is 8. The lowest BCUT2D eigenvalue weighted by Crippen LogP contribution is -2.68. The second-order valence-corrected chi connectivity index (χ2v) is 8.16. The van der Waals surface area contributed by atoms with Crippen LogP contribution in [0.1, 0.15) is 27.2 Å². The van der Waals surface area contributed by atoms with Gasteiger partial charge in [0.15, 0.2) is 6.29 Å². The van der Waals surface area contributed by atoms with Crippen LogP contribution in [0.2, 0.25) is 0 Å².